The molecule has 0 radical (unpaired) electrons. The number of amides is 1. The second-order valence-electron chi connectivity index (χ2n) is 4.05. The van der Waals surface area contributed by atoms with Crippen LogP contribution >= 0.6 is 15.9 Å². The van der Waals surface area contributed by atoms with Crippen molar-refractivity contribution in [2.75, 3.05) is 6.54 Å². The van der Waals surface area contributed by atoms with Gasteiger partial charge in [0, 0.05) is 12.7 Å². The molecular weight excluding hydrogens is 256 g/mol. The van der Waals surface area contributed by atoms with Crippen LogP contribution in [-0.2, 0) is 0 Å². The first-order chi connectivity index (χ1) is 7.16. The summed E-state index contributed by atoms with van der Waals surface area (Å²) in [5.74, 6) is 1.42. The molecule has 0 aromatic carbocycles. The third kappa shape index (κ3) is 2.78. The number of hydrogen-bond acceptors (Lipinski definition) is 2. The Balaban J connectivity index is 1.87. The number of nitrogens with zero attached hydrogens (tertiary/aromatic N) is 1. The van der Waals surface area contributed by atoms with Crippen molar-refractivity contribution >= 4 is 21.8 Å². The van der Waals surface area contributed by atoms with Crippen molar-refractivity contribution < 1.29 is 4.79 Å². The topological polar surface area (TPSA) is 42.0 Å². The predicted molar refractivity (Wildman–Crippen MR) is 61.5 cm³/mol. The van der Waals surface area contributed by atoms with Crippen molar-refractivity contribution in [3.05, 3.63) is 28.5 Å². The van der Waals surface area contributed by atoms with E-state index in [9.17, 15) is 4.79 Å². The summed E-state index contributed by atoms with van der Waals surface area (Å²) in [6.07, 6.45) is 2.81. The molecule has 80 valence electrons. The average Bonchev–Trinajstić information content (AvgIpc) is 2.92. The summed E-state index contributed by atoms with van der Waals surface area (Å²) < 4.78 is 0.745. The van der Waals surface area contributed by atoms with Gasteiger partial charge in [-0.3, -0.25) is 4.79 Å². The number of pyridine rings is 1. The minimum atomic E-state index is -0.0332. The third-order valence-corrected chi connectivity index (χ3v) is 3.26. The summed E-state index contributed by atoms with van der Waals surface area (Å²) in [7, 11) is 0. The van der Waals surface area contributed by atoms with Crippen molar-refractivity contribution in [2.24, 2.45) is 11.8 Å². The van der Waals surface area contributed by atoms with Gasteiger partial charge in [0.15, 0.2) is 0 Å². The van der Waals surface area contributed by atoms with Gasteiger partial charge < -0.3 is 5.32 Å². The van der Waals surface area contributed by atoms with Crippen LogP contribution in [0.4, 0.5) is 0 Å². The smallest absolute Gasteiger partial charge is 0.252 e. The zero-order valence-corrected chi connectivity index (χ0v) is 10.1. The van der Waals surface area contributed by atoms with E-state index in [2.05, 4.69) is 33.2 Å². The Labute approximate surface area is 97.4 Å². The first kappa shape index (κ1) is 10.6. The Hall–Kier alpha value is -0.900. The molecule has 0 aliphatic heterocycles. The lowest BCUT2D eigenvalue weighted by atomic mass is 10.2. The summed E-state index contributed by atoms with van der Waals surface area (Å²) in [5.41, 5.74) is 0.617. The lowest BCUT2D eigenvalue weighted by Gasteiger charge is -2.03. The second-order valence-corrected chi connectivity index (χ2v) is 4.87. The van der Waals surface area contributed by atoms with Gasteiger partial charge in [0.05, 0.1) is 5.56 Å². The van der Waals surface area contributed by atoms with Gasteiger partial charge in [0.25, 0.3) is 5.91 Å². The Morgan fingerprint density at radius 2 is 2.40 bits per heavy atom. The molecule has 2 atom stereocenters. The molecule has 1 aliphatic carbocycles. The van der Waals surface area contributed by atoms with Crippen molar-refractivity contribution in [1.82, 2.24) is 10.3 Å². The third-order valence-electron chi connectivity index (χ3n) is 2.79. The van der Waals surface area contributed by atoms with Crippen LogP contribution in [0.1, 0.15) is 23.7 Å². The molecule has 0 saturated heterocycles. The minimum absolute atomic E-state index is 0.0332. The minimum Gasteiger partial charge on any atom is -0.352 e. The first-order valence-electron chi connectivity index (χ1n) is 5.06. The number of hydrogen-bond donors (Lipinski definition) is 1. The highest BCUT2D eigenvalue weighted by atomic mass is 79.9. The average molecular weight is 269 g/mol. The molecule has 1 N–H and O–H groups in total. The Kier molecular flexibility index (Phi) is 3.05. The van der Waals surface area contributed by atoms with Crippen molar-refractivity contribution in [3.8, 4) is 0 Å². The summed E-state index contributed by atoms with van der Waals surface area (Å²) in [6.45, 7) is 2.99. The van der Waals surface area contributed by atoms with Crippen LogP contribution in [0.3, 0.4) is 0 Å². The van der Waals surface area contributed by atoms with Crippen LogP contribution in [0.25, 0.3) is 0 Å². The summed E-state index contributed by atoms with van der Waals surface area (Å²) >= 11 is 3.23. The Morgan fingerprint density at radius 1 is 1.67 bits per heavy atom. The second kappa shape index (κ2) is 4.31. The molecule has 1 saturated carbocycles. The number of carbonyl (C=O) groups excluding carboxylic acids is 1. The predicted octanol–water partition coefficient (Wildman–Crippen LogP) is 2.23. The van der Waals surface area contributed by atoms with E-state index < -0.39 is 0 Å². The number of halogens is 1. The first-order valence-corrected chi connectivity index (χ1v) is 5.86. The fourth-order valence-electron chi connectivity index (χ4n) is 1.52. The lowest BCUT2D eigenvalue weighted by molar-refractivity contribution is 0.0951. The van der Waals surface area contributed by atoms with Gasteiger partial charge in [0.2, 0.25) is 0 Å². The highest BCUT2D eigenvalue weighted by Crippen LogP contribution is 2.36. The van der Waals surface area contributed by atoms with Gasteiger partial charge in [-0.2, -0.15) is 0 Å². The van der Waals surface area contributed by atoms with Gasteiger partial charge in [-0.25, -0.2) is 4.98 Å². The van der Waals surface area contributed by atoms with E-state index in [-0.39, 0.29) is 5.91 Å². The van der Waals surface area contributed by atoms with Crippen LogP contribution < -0.4 is 5.32 Å². The number of nitrogens with one attached hydrogen (secondary N) is 1. The molecule has 1 heterocycles. The SMILES string of the molecule is CC1CC1CNC(=O)c1ccc(Br)nc1. The van der Waals surface area contributed by atoms with Crippen LogP contribution in [-0.4, -0.2) is 17.4 Å². The summed E-state index contributed by atoms with van der Waals surface area (Å²) in [6, 6.07) is 3.54. The van der Waals surface area contributed by atoms with E-state index in [0.717, 1.165) is 17.1 Å². The van der Waals surface area contributed by atoms with Crippen molar-refractivity contribution in [2.45, 2.75) is 13.3 Å². The zero-order chi connectivity index (χ0) is 10.8. The molecule has 2 rings (SSSR count). The molecule has 1 aliphatic rings. The standard InChI is InChI=1S/C11H13BrN2O/c1-7-4-9(7)6-14-11(15)8-2-3-10(12)13-5-8/h2-3,5,7,9H,4,6H2,1H3,(H,14,15). The van der Waals surface area contributed by atoms with E-state index in [0.29, 0.717) is 11.5 Å². The molecule has 1 aromatic heterocycles. The molecule has 4 heteroatoms. The summed E-state index contributed by atoms with van der Waals surface area (Å²) in [5, 5.41) is 2.92. The molecule has 3 nitrogen and oxygen atoms in total. The van der Waals surface area contributed by atoms with Gasteiger partial charge in [-0.1, -0.05) is 6.92 Å². The van der Waals surface area contributed by atoms with Crippen molar-refractivity contribution in [1.29, 1.82) is 0 Å². The van der Waals surface area contributed by atoms with Crippen molar-refractivity contribution in [3.63, 3.8) is 0 Å². The molecule has 0 bridgehead atoms. The Morgan fingerprint density at radius 3 is 2.93 bits per heavy atom. The van der Waals surface area contributed by atoms with Gasteiger partial charge in [0.1, 0.15) is 4.60 Å². The van der Waals surface area contributed by atoms with E-state index >= 15 is 0 Å². The lowest BCUT2D eigenvalue weighted by Crippen LogP contribution is -2.25. The molecule has 1 fully saturated rings. The van der Waals surface area contributed by atoms with E-state index in [4.69, 9.17) is 0 Å². The maximum absolute atomic E-state index is 11.6. The Bertz CT molecular complexity index is 363. The number of rotatable bonds is 3. The molecule has 2 unspecified atom stereocenters. The van der Waals surface area contributed by atoms with Gasteiger partial charge in [-0.15, -0.1) is 0 Å². The number of aromatic nitrogens is 1. The van der Waals surface area contributed by atoms with Crippen LogP contribution in [0.15, 0.2) is 22.9 Å². The van der Waals surface area contributed by atoms with Gasteiger partial charge >= 0.3 is 0 Å². The molecule has 15 heavy (non-hydrogen) atoms. The molecule has 1 aromatic rings. The maximum atomic E-state index is 11.6. The van der Waals surface area contributed by atoms with Crippen LogP contribution in [0.2, 0.25) is 0 Å². The fourth-order valence-corrected chi connectivity index (χ4v) is 1.75. The molecular formula is C11H13BrN2O. The largest absolute Gasteiger partial charge is 0.352 e. The fraction of sp³-hybridized carbons (Fsp3) is 0.455. The van der Waals surface area contributed by atoms with Crippen LogP contribution in [0.5, 0.6) is 0 Å². The van der Waals surface area contributed by atoms with E-state index in [1.807, 2.05) is 0 Å². The highest BCUT2D eigenvalue weighted by Gasteiger charge is 2.32. The molecule has 0 spiro atoms. The van der Waals surface area contributed by atoms with E-state index in [1.54, 1.807) is 18.3 Å². The monoisotopic (exact) mass is 268 g/mol. The zero-order valence-electron chi connectivity index (χ0n) is 8.53. The van der Waals surface area contributed by atoms with E-state index in [1.165, 1.54) is 6.42 Å². The van der Waals surface area contributed by atoms with Gasteiger partial charge in [-0.05, 0) is 46.3 Å². The summed E-state index contributed by atoms with van der Waals surface area (Å²) in [4.78, 5) is 15.6. The number of carbonyl (C=O) groups is 1. The van der Waals surface area contributed by atoms with Crippen LogP contribution in [0, 0.1) is 11.8 Å². The molecule has 1 amide bonds. The quantitative estimate of drug-likeness (QED) is 0.855. The maximum Gasteiger partial charge on any atom is 0.252 e. The normalized spacial score (nSPS) is 23.6. The highest BCUT2D eigenvalue weighted by molar-refractivity contribution is 9.10.